The number of ketones is 1. The Kier molecular flexibility index (Phi) is 5.73. The van der Waals surface area contributed by atoms with E-state index in [-0.39, 0.29) is 18.4 Å². The van der Waals surface area contributed by atoms with Crippen LogP contribution in [0.4, 0.5) is 0 Å². The van der Waals surface area contributed by atoms with Gasteiger partial charge in [-0.25, -0.2) is 0 Å². The summed E-state index contributed by atoms with van der Waals surface area (Å²) in [4.78, 5) is 19.8. The molecule has 5 nitrogen and oxygen atoms in total. The van der Waals surface area contributed by atoms with E-state index in [2.05, 4.69) is 0 Å². The molecule has 0 spiro atoms. The third kappa shape index (κ3) is 3.13. The lowest BCUT2D eigenvalue weighted by molar-refractivity contribution is -0.503. The summed E-state index contributed by atoms with van der Waals surface area (Å²) in [6.07, 6.45) is 0.238. The van der Waals surface area contributed by atoms with Gasteiger partial charge in [0.1, 0.15) is 0 Å². The van der Waals surface area contributed by atoms with Gasteiger partial charge in [-0.1, -0.05) is 6.92 Å². The van der Waals surface area contributed by atoms with E-state index in [0.29, 0.717) is 0 Å². The van der Waals surface area contributed by atoms with Gasteiger partial charge in [-0.05, 0) is 0 Å². The summed E-state index contributed by atoms with van der Waals surface area (Å²) in [5.74, 6) is -0.319. The van der Waals surface area contributed by atoms with Crippen LogP contribution in [0.15, 0.2) is 0 Å². The third-order valence-electron chi connectivity index (χ3n) is 1.13. The topological polar surface area (TPSA) is 95.2 Å². The van der Waals surface area contributed by atoms with Gasteiger partial charge in [0.25, 0.3) is 6.04 Å². The second-order valence-corrected chi connectivity index (χ2v) is 1.78. The molecule has 0 amide bonds. The van der Waals surface area contributed by atoms with Crippen LogP contribution in [0.25, 0.3) is 0 Å². The highest BCUT2D eigenvalue weighted by atomic mass is 16.6. The Morgan fingerprint density at radius 3 is 2.20 bits per heavy atom. The molecule has 5 heteroatoms. The molecular formula is C5H12N2O3. The van der Waals surface area contributed by atoms with E-state index in [4.69, 9.17) is 0 Å². The fraction of sp³-hybridized carbons (Fsp3) is 0.800. The van der Waals surface area contributed by atoms with Gasteiger partial charge in [0, 0.05) is 18.3 Å². The van der Waals surface area contributed by atoms with Gasteiger partial charge in [0.15, 0.2) is 0 Å². The summed E-state index contributed by atoms with van der Waals surface area (Å²) in [5, 5.41) is 9.88. The number of carbonyl (C=O) groups is 1. The molecule has 0 aliphatic rings. The number of rotatable bonds is 3. The number of hydrogen-bond donors (Lipinski definition) is 1. The van der Waals surface area contributed by atoms with E-state index >= 15 is 0 Å². The van der Waals surface area contributed by atoms with Crippen LogP contribution in [-0.2, 0) is 4.79 Å². The number of nitrogens with zero attached hydrogens (tertiary/aromatic N) is 1. The van der Waals surface area contributed by atoms with Crippen LogP contribution < -0.4 is 6.15 Å². The average molecular weight is 148 g/mol. The highest BCUT2D eigenvalue weighted by Gasteiger charge is 2.20. The molecule has 60 valence electrons. The quantitative estimate of drug-likeness (QED) is 0.472. The Hall–Kier alpha value is -0.970. The third-order valence-corrected chi connectivity index (χ3v) is 1.13. The predicted molar refractivity (Wildman–Crippen MR) is 36.8 cm³/mol. The van der Waals surface area contributed by atoms with Crippen LogP contribution in [0.1, 0.15) is 20.3 Å². The van der Waals surface area contributed by atoms with E-state index < -0.39 is 11.0 Å². The molecule has 3 N–H and O–H groups in total. The lowest BCUT2D eigenvalue weighted by Gasteiger charge is -1.97. The first-order chi connectivity index (χ1) is 4.09. The van der Waals surface area contributed by atoms with Crippen LogP contribution in [0.3, 0.4) is 0 Å². The lowest BCUT2D eigenvalue weighted by Crippen LogP contribution is -2.24. The largest absolute Gasteiger partial charge is 0.344 e. The van der Waals surface area contributed by atoms with Crippen molar-refractivity contribution >= 4 is 5.78 Å². The normalized spacial score (nSPS) is 11.4. The first-order valence-corrected chi connectivity index (χ1v) is 2.75. The number of Topliss-reactive ketones (excluding diaryl/α,β-unsaturated/α-hetero) is 1. The Balaban J connectivity index is 0. The first kappa shape index (κ1) is 11.8. The van der Waals surface area contributed by atoms with Crippen molar-refractivity contribution in [1.82, 2.24) is 6.15 Å². The molecule has 0 aromatic rings. The fourth-order valence-electron chi connectivity index (χ4n) is 0.413. The second kappa shape index (κ2) is 4.87. The highest BCUT2D eigenvalue weighted by molar-refractivity contribution is 5.81. The number of hydrogen-bond acceptors (Lipinski definition) is 4. The Bertz CT molecular complexity index is 135. The maximum absolute atomic E-state index is 10.5. The Morgan fingerprint density at radius 2 is 2.10 bits per heavy atom. The van der Waals surface area contributed by atoms with Crippen LogP contribution in [0.5, 0.6) is 0 Å². The summed E-state index contributed by atoms with van der Waals surface area (Å²) < 4.78 is 0. The molecular weight excluding hydrogens is 136 g/mol. The molecule has 0 heterocycles. The predicted octanol–water partition coefficient (Wildman–Crippen LogP) is 0.793. The molecule has 0 aromatic heterocycles. The molecule has 1 unspecified atom stereocenters. The molecule has 0 rings (SSSR count). The van der Waals surface area contributed by atoms with Crippen LogP contribution in [0.2, 0.25) is 0 Å². The standard InChI is InChI=1S/C5H9NO3.H3N/c1-3-5(7)4(2)6(8)9;/h4H,3H2,1-2H3;1H3. The fourth-order valence-corrected chi connectivity index (χ4v) is 0.413. The van der Waals surface area contributed by atoms with Crippen molar-refractivity contribution in [3.05, 3.63) is 10.1 Å². The average Bonchev–Trinajstić information content (AvgIpc) is 1.84. The van der Waals surface area contributed by atoms with Gasteiger partial charge in [-0.2, -0.15) is 0 Å². The van der Waals surface area contributed by atoms with Gasteiger partial charge >= 0.3 is 0 Å². The van der Waals surface area contributed by atoms with Crippen molar-refractivity contribution in [3.8, 4) is 0 Å². The molecule has 0 bridgehead atoms. The van der Waals surface area contributed by atoms with Gasteiger partial charge in [0.05, 0.1) is 0 Å². The van der Waals surface area contributed by atoms with Gasteiger partial charge in [0.2, 0.25) is 5.78 Å². The first-order valence-electron chi connectivity index (χ1n) is 2.75. The molecule has 0 saturated heterocycles. The molecule has 0 aliphatic carbocycles. The van der Waals surface area contributed by atoms with Crippen molar-refractivity contribution in [2.24, 2.45) is 0 Å². The SMILES string of the molecule is CCC(=O)C(C)[N+](=O)[O-].N. The summed E-state index contributed by atoms with van der Waals surface area (Å²) in [5.41, 5.74) is 0. The maximum Gasteiger partial charge on any atom is 0.267 e. The monoisotopic (exact) mass is 148 g/mol. The van der Waals surface area contributed by atoms with E-state index in [9.17, 15) is 14.9 Å². The number of nitro groups is 1. The smallest absolute Gasteiger partial charge is 0.267 e. The van der Waals surface area contributed by atoms with Crippen molar-refractivity contribution in [2.45, 2.75) is 26.3 Å². The van der Waals surface area contributed by atoms with E-state index in [1.165, 1.54) is 6.92 Å². The van der Waals surface area contributed by atoms with Crippen molar-refractivity contribution in [2.75, 3.05) is 0 Å². The van der Waals surface area contributed by atoms with Gasteiger partial charge < -0.3 is 6.15 Å². The summed E-state index contributed by atoms with van der Waals surface area (Å²) in [6.45, 7) is 2.91. The minimum atomic E-state index is -1.03. The van der Waals surface area contributed by atoms with Crippen LogP contribution in [0, 0.1) is 10.1 Å². The van der Waals surface area contributed by atoms with Crippen molar-refractivity contribution in [3.63, 3.8) is 0 Å². The number of carbonyl (C=O) groups excluding carboxylic acids is 1. The molecule has 0 saturated carbocycles. The molecule has 0 aromatic carbocycles. The van der Waals surface area contributed by atoms with Crippen molar-refractivity contribution < 1.29 is 9.72 Å². The summed E-state index contributed by atoms with van der Waals surface area (Å²) in [6, 6.07) is -1.03. The lowest BCUT2D eigenvalue weighted by atomic mass is 10.2. The van der Waals surface area contributed by atoms with E-state index in [0.717, 1.165) is 0 Å². The Morgan fingerprint density at radius 1 is 1.70 bits per heavy atom. The van der Waals surface area contributed by atoms with Crippen LogP contribution >= 0.6 is 0 Å². The van der Waals surface area contributed by atoms with Crippen molar-refractivity contribution in [1.29, 1.82) is 0 Å². The zero-order valence-corrected chi connectivity index (χ0v) is 6.16. The minimum absolute atomic E-state index is 0. The molecule has 0 aliphatic heterocycles. The van der Waals surface area contributed by atoms with Crippen LogP contribution in [-0.4, -0.2) is 16.7 Å². The molecule has 10 heavy (non-hydrogen) atoms. The minimum Gasteiger partial charge on any atom is -0.344 e. The Labute approximate surface area is 59.1 Å². The molecule has 0 fully saturated rings. The van der Waals surface area contributed by atoms with Gasteiger partial charge in [-0.15, -0.1) is 0 Å². The highest BCUT2D eigenvalue weighted by Crippen LogP contribution is 1.93. The summed E-state index contributed by atoms with van der Waals surface area (Å²) in [7, 11) is 0. The van der Waals surface area contributed by atoms with Gasteiger partial charge in [-0.3, -0.25) is 14.9 Å². The van der Waals surface area contributed by atoms with E-state index in [1.807, 2.05) is 0 Å². The zero-order valence-electron chi connectivity index (χ0n) is 6.16. The molecule has 0 radical (unpaired) electrons. The second-order valence-electron chi connectivity index (χ2n) is 1.78. The molecule has 1 atom stereocenters. The maximum atomic E-state index is 10.5. The van der Waals surface area contributed by atoms with E-state index in [1.54, 1.807) is 6.92 Å². The summed E-state index contributed by atoms with van der Waals surface area (Å²) >= 11 is 0. The zero-order chi connectivity index (χ0) is 7.44.